The second-order valence-electron chi connectivity index (χ2n) is 4.15. The Morgan fingerprint density at radius 1 is 1.00 bits per heavy atom. The minimum absolute atomic E-state index is 0.121. The molecule has 1 amide bonds. The van der Waals surface area contributed by atoms with E-state index in [0.717, 1.165) is 12.0 Å². The Morgan fingerprint density at radius 3 is 2.37 bits per heavy atom. The number of rotatable bonds is 4. The molecule has 98 valence electrons. The lowest BCUT2D eigenvalue weighted by Crippen LogP contribution is -2.25. The first kappa shape index (κ1) is 13.9. The summed E-state index contributed by atoms with van der Waals surface area (Å²) in [6.07, 6.45) is 0.743. The number of nitrogens with one attached hydrogen (secondary N) is 1. The van der Waals surface area contributed by atoms with E-state index in [0.29, 0.717) is 22.2 Å². The molecule has 0 heterocycles. The lowest BCUT2D eigenvalue weighted by molar-refractivity contribution is 0.0954. The maximum atomic E-state index is 11.9. The zero-order chi connectivity index (χ0) is 13.7. The fourth-order valence-electron chi connectivity index (χ4n) is 1.74. The smallest absolute Gasteiger partial charge is 0.251 e. The highest BCUT2D eigenvalue weighted by Gasteiger charge is 2.05. The molecule has 1 N–H and O–H groups in total. The molecule has 0 unspecified atom stereocenters. The monoisotopic (exact) mass is 293 g/mol. The van der Waals surface area contributed by atoms with E-state index in [1.807, 2.05) is 24.3 Å². The summed E-state index contributed by atoms with van der Waals surface area (Å²) in [5.41, 5.74) is 1.66. The minimum atomic E-state index is -0.121. The normalized spacial score (nSPS) is 10.2. The van der Waals surface area contributed by atoms with Gasteiger partial charge in [-0.2, -0.15) is 0 Å². The molecule has 0 spiro atoms. The van der Waals surface area contributed by atoms with E-state index in [9.17, 15) is 4.79 Å². The zero-order valence-electron chi connectivity index (χ0n) is 10.2. The van der Waals surface area contributed by atoms with Gasteiger partial charge in [-0.1, -0.05) is 41.4 Å². The van der Waals surface area contributed by atoms with Crippen molar-refractivity contribution in [2.75, 3.05) is 6.54 Å². The van der Waals surface area contributed by atoms with Crippen LogP contribution in [0.3, 0.4) is 0 Å². The molecule has 2 nitrogen and oxygen atoms in total. The lowest BCUT2D eigenvalue weighted by Gasteiger charge is -2.06. The Labute approximate surface area is 122 Å². The highest BCUT2D eigenvalue weighted by molar-refractivity contribution is 6.31. The Morgan fingerprint density at radius 2 is 1.68 bits per heavy atom. The molecular weight excluding hydrogens is 281 g/mol. The Kier molecular flexibility index (Phi) is 4.83. The quantitative estimate of drug-likeness (QED) is 0.908. The van der Waals surface area contributed by atoms with Crippen molar-refractivity contribution in [3.05, 3.63) is 69.7 Å². The largest absolute Gasteiger partial charge is 0.352 e. The first-order chi connectivity index (χ1) is 9.15. The van der Waals surface area contributed by atoms with E-state index in [2.05, 4.69) is 5.32 Å². The van der Waals surface area contributed by atoms with Gasteiger partial charge in [0.1, 0.15) is 0 Å². The van der Waals surface area contributed by atoms with Crippen LogP contribution in [0.25, 0.3) is 0 Å². The van der Waals surface area contributed by atoms with Crippen LogP contribution < -0.4 is 5.32 Å². The van der Waals surface area contributed by atoms with Crippen LogP contribution in [0.5, 0.6) is 0 Å². The summed E-state index contributed by atoms with van der Waals surface area (Å²) >= 11 is 11.7. The molecule has 19 heavy (non-hydrogen) atoms. The fraction of sp³-hybridized carbons (Fsp3) is 0.133. The molecule has 0 aliphatic heterocycles. The summed E-state index contributed by atoms with van der Waals surface area (Å²) in [7, 11) is 0. The van der Waals surface area contributed by atoms with Crippen LogP contribution in [0.2, 0.25) is 10.0 Å². The Balaban J connectivity index is 1.87. The van der Waals surface area contributed by atoms with Gasteiger partial charge < -0.3 is 5.32 Å². The first-order valence-electron chi connectivity index (χ1n) is 5.93. The Hall–Kier alpha value is -1.51. The van der Waals surface area contributed by atoms with Crippen molar-refractivity contribution in [1.29, 1.82) is 0 Å². The number of halogens is 2. The second kappa shape index (κ2) is 6.60. The first-order valence-corrected chi connectivity index (χ1v) is 6.69. The van der Waals surface area contributed by atoms with Crippen LogP contribution in [0, 0.1) is 0 Å². The van der Waals surface area contributed by atoms with E-state index in [1.165, 1.54) is 0 Å². The van der Waals surface area contributed by atoms with Gasteiger partial charge in [0.15, 0.2) is 0 Å². The highest BCUT2D eigenvalue weighted by Crippen LogP contribution is 2.12. The van der Waals surface area contributed by atoms with E-state index >= 15 is 0 Å². The summed E-state index contributed by atoms with van der Waals surface area (Å²) < 4.78 is 0. The molecule has 0 fully saturated rings. The predicted octanol–water partition coefficient (Wildman–Crippen LogP) is 3.97. The summed E-state index contributed by atoms with van der Waals surface area (Å²) in [5, 5.41) is 4.12. The molecule has 0 atom stereocenters. The van der Waals surface area contributed by atoms with Crippen LogP contribution in [-0.4, -0.2) is 12.5 Å². The SMILES string of the molecule is O=C(NCCc1cccc(Cl)c1)c1cccc(Cl)c1. The molecule has 0 radical (unpaired) electrons. The van der Waals surface area contributed by atoms with Crippen molar-refractivity contribution in [3.63, 3.8) is 0 Å². The minimum Gasteiger partial charge on any atom is -0.352 e. The second-order valence-corrected chi connectivity index (χ2v) is 5.02. The number of hydrogen-bond donors (Lipinski definition) is 1. The van der Waals surface area contributed by atoms with Gasteiger partial charge in [-0.25, -0.2) is 0 Å². The van der Waals surface area contributed by atoms with E-state index in [1.54, 1.807) is 24.3 Å². The van der Waals surface area contributed by atoms with E-state index in [4.69, 9.17) is 23.2 Å². The van der Waals surface area contributed by atoms with E-state index in [-0.39, 0.29) is 5.91 Å². The summed E-state index contributed by atoms with van der Waals surface area (Å²) in [6.45, 7) is 0.561. The maximum absolute atomic E-state index is 11.9. The van der Waals surface area contributed by atoms with Gasteiger partial charge >= 0.3 is 0 Å². The van der Waals surface area contributed by atoms with Crippen LogP contribution >= 0.6 is 23.2 Å². The van der Waals surface area contributed by atoms with Gasteiger partial charge in [0.2, 0.25) is 0 Å². The van der Waals surface area contributed by atoms with Crippen molar-refractivity contribution >= 4 is 29.1 Å². The molecular formula is C15H13Cl2NO. The summed E-state index contributed by atoms with van der Waals surface area (Å²) in [4.78, 5) is 11.9. The maximum Gasteiger partial charge on any atom is 0.251 e. The summed E-state index contributed by atoms with van der Waals surface area (Å²) in [6, 6.07) is 14.5. The van der Waals surface area contributed by atoms with Gasteiger partial charge in [-0.15, -0.1) is 0 Å². The fourth-order valence-corrected chi connectivity index (χ4v) is 2.15. The molecule has 0 aliphatic carbocycles. The van der Waals surface area contributed by atoms with Crippen molar-refractivity contribution in [2.45, 2.75) is 6.42 Å². The molecule has 0 aliphatic rings. The van der Waals surface area contributed by atoms with Crippen LogP contribution in [0.4, 0.5) is 0 Å². The average molecular weight is 294 g/mol. The average Bonchev–Trinajstić information content (AvgIpc) is 2.38. The number of carbonyl (C=O) groups is 1. The van der Waals surface area contributed by atoms with Crippen molar-refractivity contribution in [2.24, 2.45) is 0 Å². The highest BCUT2D eigenvalue weighted by atomic mass is 35.5. The molecule has 2 aromatic rings. The third kappa shape index (κ3) is 4.27. The van der Waals surface area contributed by atoms with Gasteiger partial charge in [0.25, 0.3) is 5.91 Å². The Bertz CT molecular complexity index is 584. The van der Waals surface area contributed by atoms with E-state index < -0.39 is 0 Å². The predicted molar refractivity (Wildman–Crippen MR) is 78.9 cm³/mol. The van der Waals surface area contributed by atoms with Gasteiger partial charge in [0.05, 0.1) is 0 Å². The number of hydrogen-bond acceptors (Lipinski definition) is 1. The molecule has 2 rings (SSSR count). The molecule has 0 bridgehead atoms. The third-order valence-corrected chi connectivity index (χ3v) is 3.15. The van der Waals surface area contributed by atoms with Gasteiger partial charge in [-0.3, -0.25) is 4.79 Å². The molecule has 2 aromatic carbocycles. The standard InChI is InChI=1S/C15H13Cl2NO/c16-13-5-1-3-11(9-13)7-8-18-15(19)12-4-2-6-14(17)10-12/h1-6,9-10H,7-8H2,(H,18,19). The zero-order valence-corrected chi connectivity index (χ0v) is 11.7. The number of carbonyl (C=O) groups excluding carboxylic acids is 1. The molecule has 0 saturated heterocycles. The summed E-state index contributed by atoms with van der Waals surface area (Å²) in [5.74, 6) is -0.121. The van der Waals surface area contributed by atoms with Gasteiger partial charge in [-0.05, 0) is 42.3 Å². The van der Waals surface area contributed by atoms with Crippen molar-refractivity contribution < 1.29 is 4.79 Å². The third-order valence-electron chi connectivity index (χ3n) is 2.68. The van der Waals surface area contributed by atoms with Crippen LogP contribution in [-0.2, 0) is 6.42 Å². The topological polar surface area (TPSA) is 29.1 Å². The number of amides is 1. The molecule has 0 saturated carbocycles. The van der Waals surface area contributed by atoms with Crippen LogP contribution in [0.15, 0.2) is 48.5 Å². The van der Waals surface area contributed by atoms with Crippen LogP contribution in [0.1, 0.15) is 15.9 Å². The number of benzene rings is 2. The lowest BCUT2D eigenvalue weighted by atomic mass is 10.1. The molecule has 4 heteroatoms. The van der Waals surface area contributed by atoms with Crippen molar-refractivity contribution in [3.8, 4) is 0 Å². The molecule has 0 aromatic heterocycles. The van der Waals surface area contributed by atoms with Crippen molar-refractivity contribution in [1.82, 2.24) is 5.32 Å². The van der Waals surface area contributed by atoms with Gasteiger partial charge in [0, 0.05) is 22.2 Å².